The Hall–Kier alpha value is -1.89. The molecule has 0 aliphatic heterocycles. The summed E-state index contributed by atoms with van der Waals surface area (Å²) in [6, 6.07) is 0. The molecule has 4 N–H and O–H groups in total. The number of aromatic nitrogens is 3. The van der Waals surface area contributed by atoms with Crippen LogP contribution in [-0.2, 0) is 6.54 Å². The molecule has 16 heavy (non-hydrogen) atoms. The Balaban J connectivity index is 1.96. The maximum absolute atomic E-state index is 11.6. The summed E-state index contributed by atoms with van der Waals surface area (Å²) >= 11 is 1.55. The number of anilines is 1. The number of hydrogen-bond donors (Lipinski definition) is 3. The second-order valence-electron chi connectivity index (χ2n) is 3.23. The predicted molar refractivity (Wildman–Crippen MR) is 61.0 cm³/mol. The van der Waals surface area contributed by atoms with Crippen LogP contribution in [0.3, 0.4) is 0 Å². The maximum atomic E-state index is 11.6. The molecule has 2 rings (SSSR count). The van der Waals surface area contributed by atoms with E-state index in [2.05, 4.69) is 20.5 Å². The Morgan fingerprint density at radius 3 is 3.00 bits per heavy atom. The SMILES string of the molecule is Cc1ncc(CNC(=O)c2cn[nH]c2N)s1. The third-order valence-corrected chi connectivity index (χ3v) is 2.92. The molecule has 7 heteroatoms. The zero-order chi connectivity index (χ0) is 11.5. The van der Waals surface area contributed by atoms with E-state index >= 15 is 0 Å². The quantitative estimate of drug-likeness (QED) is 0.731. The summed E-state index contributed by atoms with van der Waals surface area (Å²) in [5, 5.41) is 9.92. The maximum Gasteiger partial charge on any atom is 0.256 e. The van der Waals surface area contributed by atoms with Crippen molar-refractivity contribution in [2.45, 2.75) is 13.5 Å². The van der Waals surface area contributed by atoms with Gasteiger partial charge in [0.05, 0.1) is 17.7 Å². The molecule has 0 aliphatic rings. The fourth-order valence-electron chi connectivity index (χ4n) is 1.23. The minimum atomic E-state index is -0.239. The van der Waals surface area contributed by atoms with Gasteiger partial charge in [0.25, 0.3) is 5.91 Å². The number of nitrogens with zero attached hydrogens (tertiary/aromatic N) is 2. The van der Waals surface area contributed by atoms with Crippen LogP contribution in [0, 0.1) is 6.92 Å². The molecule has 0 saturated heterocycles. The number of aromatic amines is 1. The van der Waals surface area contributed by atoms with E-state index in [4.69, 9.17) is 5.73 Å². The van der Waals surface area contributed by atoms with Crippen LogP contribution in [0.1, 0.15) is 20.2 Å². The van der Waals surface area contributed by atoms with Crippen LogP contribution < -0.4 is 11.1 Å². The smallest absolute Gasteiger partial charge is 0.256 e. The lowest BCUT2D eigenvalue weighted by atomic mass is 10.3. The fourth-order valence-corrected chi connectivity index (χ4v) is 1.96. The van der Waals surface area contributed by atoms with E-state index in [1.54, 1.807) is 17.5 Å². The number of hydrogen-bond acceptors (Lipinski definition) is 5. The highest BCUT2D eigenvalue weighted by Gasteiger charge is 2.11. The number of nitrogens with two attached hydrogens (primary N) is 1. The molecule has 2 aromatic rings. The molecule has 2 aromatic heterocycles. The van der Waals surface area contributed by atoms with Crippen molar-refractivity contribution in [1.82, 2.24) is 20.5 Å². The van der Waals surface area contributed by atoms with Crippen molar-refractivity contribution in [2.24, 2.45) is 0 Å². The van der Waals surface area contributed by atoms with Gasteiger partial charge in [-0.05, 0) is 6.92 Å². The Labute approximate surface area is 95.9 Å². The van der Waals surface area contributed by atoms with E-state index in [9.17, 15) is 4.79 Å². The van der Waals surface area contributed by atoms with E-state index in [1.165, 1.54) is 6.20 Å². The highest BCUT2D eigenvalue weighted by Crippen LogP contribution is 2.11. The largest absolute Gasteiger partial charge is 0.383 e. The summed E-state index contributed by atoms with van der Waals surface area (Å²) in [5.41, 5.74) is 5.89. The van der Waals surface area contributed by atoms with Crippen molar-refractivity contribution >= 4 is 23.1 Å². The number of nitrogens with one attached hydrogen (secondary N) is 2. The lowest BCUT2D eigenvalue weighted by Gasteiger charge is -2.01. The number of aryl methyl sites for hydroxylation is 1. The van der Waals surface area contributed by atoms with Gasteiger partial charge in [-0.3, -0.25) is 9.89 Å². The van der Waals surface area contributed by atoms with Gasteiger partial charge in [-0.2, -0.15) is 5.10 Å². The van der Waals surface area contributed by atoms with Crippen LogP contribution >= 0.6 is 11.3 Å². The summed E-state index contributed by atoms with van der Waals surface area (Å²) in [7, 11) is 0. The second kappa shape index (κ2) is 4.31. The molecule has 84 valence electrons. The highest BCUT2D eigenvalue weighted by atomic mass is 32.1. The van der Waals surface area contributed by atoms with Gasteiger partial charge in [-0.15, -0.1) is 11.3 Å². The van der Waals surface area contributed by atoms with Crippen molar-refractivity contribution in [3.05, 3.63) is 27.8 Å². The summed E-state index contributed by atoms with van der Waals surface area (Å²) in [5.74, 6) is 0.0373. The molecule has 0 unspecified atom stereocenters. The zero-order valence-corrected chi connectivity index (χ0v) is 9.47. The monoisotopic (exact) mass is 237 g/mol. The Bertz CT molecular complexity index is 503. The van der Waals surface area contributed by atoms with Gasteiger partial charge in [0, 0.05) is 11.1 Å². The van der Waals surface area contributed by atoms with E-state index in [0.29, 0.717) is 12.1 Å². The zero-order valence-electron chi connectivity index (χ0n) is 8.65. The first-order valence-corrected chi connectivity index (χ1v) is 5.47. The Morgan fingerprint density at radius 2 is 2.44 bits per heavy atom. The first-order valence-electron chi connectivity index (χ1n) is 4.65. The number of thiazole rings is 1. The Morgan fingerprint density at radius 1 is 1.62 bits per heavy atom. The summed E-state index contributed by atoms with van der Waals surface area (Å²) in [6.07, 6.45) is 3.15. The lowest BCUT2D eigenvalue weighted by molar-refractivity contribution is 0.0952. The van der Waals surface area contributed by atoms with Gasteiger partial charge in [0.15, 0.2) is 0 Å². The van der Waals surface area contributed by atoms with Crippen LogP contribution in [0.2, 0.25) is 0 Å². The first kappa shape index (κ1) is 10.6. The number of carbonyl (C=O) groups is 1. The van der Waals surface area contributed by atoms with Crippen LogP contribution in [0.25, 0.3) is 0 Å². The van der Waals surface area contributed by atoms with Crippen molar-refractivity contribution < 1.29 is 4.79 Å². The normalized spacial score (nSPS) is 10.3. The van der Waals surface area contributed by atoms with Crippen molar-refractivity contribution in [3.63, 3.8) is 0 Å². The van der Waals surface area contributed by atoms with Crippen LogP contribution in [0.15, 0.2) is 12.4 Å². The molecular weight excluding hydrogens is 226 g/mol. The molecule has 2 heterocycles. The number of rotatable bonds is 3. The van der Waals surface area contributed by atoms with E-state index in [1.807, 2.05) is 6.92 Å². The van der Waals surface area contributed by atoms with E-state index < -0.39 is 0 Å². The average Bonchev–Trinajstić information content (AvgIpc) is 2.84. The summed E-state index contributed by atoms with van der Waals surface area (Å²) in [4.78, 5) is 16.7. The van der Waals surface area contributed by atoms with Gasteiger partial charge in [0.2, 0.25) is 0 Å². The number of nitrogen functional groups attached to an aromatic ring is 1. The minimum Gasteiger partial charge on any atom is -0.383 e. The third kappa shape index (κ3) is 2.19. The molecule has 6 nitrogen and oxygen atoms in total. The standard InChI is InChI=1S/C9H11N5OS/c1-5-11-2-6(16-5)3-12-9(15)7-4-13-14-8(7)10/h2,4H,3H2,1H3,(H,12,15)(H3,10,13,14). The molecule has 1 amide bonds. The van der Waals surface area contributed by atoms with Gasteiger partial charge in [-0.1, -0.05) is 0 Å². The number of carbonyl (C=O) groups excluding carboxylic acids is 1. The molecule has 0 aliphatic carbocycles. The molecule has 0 spiro atoms. The molecule has 0 saturated carbocycles. The van der Waals surface area contributed by atoms with E-state index in [-0.39, 0.29) is 11.7 Å². The fraction of sp³-hybridized carbons (Fsp3) is 0.222. The second-order valence-corrected chi connectivity index (χ2v) is 4.54. The average molecular weight is 237 g/mol. The van der Waals surface area contributed by atoms with Gasteiger partial charge in [0.1, 0.15) is 11.4 Å². The first-order chi connectivity index (χ1) is 7.66. The predicted octanol–water partition coefficient (Wildman–Crippen LogP) is 0.687. The van der Waals surface area contributed by atoms with Crippen molar-refractivity contribution in [2.75, 3.05) is 5.73 Å². The molecule has 0 radical (unpaired) electrons. The molecule has 0 bridgehead atoms. The molecule has 0 atom stereocenters. The van der Waals surface area contributed by atoms with Crippen LogP contribution in [0.5, 0.6) is 0 Å². The molecular formula is C9H11N5OS. The topological polar surface area (TPSA) is 96.7 Å². The summed E-state index contributed by atoms with van der Waals surface area (Å²) in [6.45, 7) is 2.37. The van der Waals surface area contributed by atoms with Gasteiger partial charge >= 0.3 is 0 Å². The van der Waals surface area contributed by atoms with Gasteiger partial charge < -0.3 is 11.1 Å². The van der Waals surface area contributed by atoms with Crippen molar-refractivity contribution in [1.29, 1.82) is 0 Å². The number of H-pyrrole nitrogens is 1. The summed E-state index contributed by atoms with van der Waals surface area (Å²) < 4.78 is 0. The van der Waals surface area contributed by atoms with E-state index in [0.717, 1.165) is 9.88 Å². The highest BCUT2D eigenvalue weighted by molar-refractivity contribution is 7.11. The van der Waals surface area contributed by atoms with Crippen molar-refractivity contribution in [3.8, 4) is 0 Å². The van der Waals surface area contributed by atoms with Crippen LogP contribution in [-0.4, -0.2) is 21.1 Å². The third-order valence-electron chi connectivity index (χ3n) is 2.01. The molecule has 0 fully saturated rings. The van der Waals surface area contributed by atoms with Gasteiger partial charge in [-0.25, -0.2) is 4.98 Å². The van der Waals surface area contributed by atoms with Crippen LogP contribution in [0.4, 0.5) is 5.82 Å². The Kier molecular flexibility index (Phi) is 2.86. The number of amides is 1. The lowest BCUT2D eigenvalue weighted by Crippen LogP contribution is -2.22. The minimum absolute atomic E-state index is 0.239. The molecule has 0 aromatic carbocycles.